The van der Waals surface area contributed by atoms with E-state index in [0.717, 1.165) is 19.6 Å². The first-order valence-corrected chi connectivity index (χ1v) is 6.99. The molecule has 0 fully saturated rings. The smallest absolute Gasteiger partial charge is 0.0483 e. The number of aromatic nitrogens is 1. The van der Waals surface area contributed by atoms with Gasteiger partial charge in [-0.05, 0) is 30.5 Å². The third kappa shape index (κ3) is 3.99. The molecular weight excluding hydrogens is 256 g/mol. The maximum absolute atomic E-state index is 3.54. The maximum atomic E-state index is 3.54. The van der Waals surface area contributed by atoms with Gasteiger partial charge in [-0.25, -0.2) is 0 Å². The first kappa shape index (κ1) is 16.1. The number of rotatable bonds is 6. The zero-order valence-electron chi connectivity index (χ0n) is 12.1. The highest BCUT2D eigenvalue weighted by Crippen LogP contribution is 2.21. The van der Waals surface area contributed by atoms with Crippen molar-refractivity contribution in [2.45, 2.75) is 40.3 Å². The van der Waals surface area contributed by atoms with Crippen LogP contribution in [0.15, 0.2) is 30.5 Å². The number of halogens is 1. The largest absolute Gasteiger partial charge is 0.347 e. The second-order valence-electron chi connectivity index (χ2n) is 5.39. The van der Waals surface area contributed by atoms with Gasteiger partial charge in [0.15, 0.2) is 0 Å². The first-order valence-electron chi connectivity index (χ1n) is 6.99. The van der Waals surface area contributed by atoms with Crippen molar-refractivity contribution >= 4 is 23.3 Å². The molecule has 2 nitrogen and oxygen atoms in total. The molecule has 1 aromatic heterocycles. The van der Waals surface area contributed by atoms with Gasteiger partial charge in [0, 0.05) is 30.2 Å². The Bertz CT molecular complexity index is 502. The summed E-state index contributed by atoms with van der Waals surface area (Å²) in [7, 11) is 0. The molecule has 1 aromatic carbocycles. The van der Waals surface area contributed by atoms with Crippen LogP contribution in [0.4, 0.5) is 0 Å². The zero-order valence-corrected chi connectivity index (χ0v) is 13.0. The van der Waals surface area contributed by atoms with E-state index in [1.54, 1.807) is 0 Å². The number of aryl methyl sites for hydroxylation is 1. The average Bonchev–Trinajstić information content (AvgIpc) is 2.69. The average molecular weight is 281 g/mol. The molecule has 0 radical (unpaired) electrons. The lowest BCUT2D eigenvalue weighted by molar-refractivity contribution is 0.552. The summed E-state index contributed by atoms with van der Waals surface area (Å²) in [6, 6.07) is 8.70. The highest BCUT2D eigenvalue weighted by atomic mass is 35.5. The second kappa shape index (κ2) is 7.56. The van der Waals surface area contributed by atoms with E-state index in [1.807, 2.05) is 0 Å². The van der Waals surface area contributed by atoms with Gasteiger partial charge in [0.2, 0.25) is 0 Å². The molecular formula is C16H25ClN2. The van der Waals surface area contributed by atoms with Crippen molar-refractivity contribution in [1.82, 2.24) is 9.88 Å². The van der Waals surface area contributed by atoms with Crippen LogP contribution in [-0.2, 0) is 13.1 Å². The number of para-hydroxylation sites is 1. The van der Waals surface area contributed by atoms with Crippen LogP contribution in [0.25, 0.3) is 10.9 Å². The van der Waals surface area contributed by atoms with Gasteiger partial charge in [-0.3, -0.25) is 0 Å². The van der Waals surface area contributed by atoms with Crippen molar-refractivity contribution in [3.8, 4) is 0 Å². The fraction of sp³-hybridized carbons (Fsp3) is 0.500. The van der Waals surface area contributed by atoms with E-state index >= 15 is 0 Å². The molecule has 2 aromatic rings. The van der Waals surface area contributed by atoms with Crippen LogP contribution in [-0.4, -0.2) is 11.1 Å². The molecule has 0 aliphatic carbocycles. The van der Waals surface area contributed by atoms with Crippen molar-refractivity contribution in [1.29, 1.82) is 0 Å². The maximum Gasteiger partial charge on any atom is 0.0483 e. The van der Waals surface area contributed by atoms with Crippen LogP contribution >= 0.6 is 12.4 Å². The molecule has 0 aliphatic rings. The molecule has 2 rings (SSSR count). The van der Waals surface area contributed by atoms with Crippen LogP contribution in [0.1, 0.15) is 32.8 Å². The van der Waals surface area contributed by atoms with Gasteiger partial charge >= 0.3 is 0 Å². The van der Waals surface area contributed by atoms with E-state index in [0.29, 0.717) is 5.92 Å². The van der Waals surface area contributed by atoms with Gasteiger partial charge in [0.1, 0.15) is 0 Å². The summed E-state index contributed by atoms with van der Waals surface area (Å²) in [6.07, 6.45) is 3.49. The summed E-state index contributed by atoms with van der Waals surface area (Å²) in [6.45, 7) is 9.86. The predicted molar refractivity (Wildman–Crippen MR) is 86.0 cm³/mol. The molecule has 0 bridgehead atoms. The summed E-state index contributed by atoms with van der Waals surface area (Å²) >= 11 is 0. The molecule has 19 heavy (non-hydrogen) atoms. The number of nitrogens with zero attached hydrogens (tertiary/aromatic N) is 1. The summed E-state index contributed by atoms with van der Waals surface area (Å²) in [5.74, 6) is 0.703. The van der Waals surface area contributed by atoms with Gasteiger partial charge in [-0.2, -0.15) is 0 Å². The first-order chi connectivity index (χ1) is 8.72. The minimum atomic E-state index is 0. The molecule has 0 saturated heterocycles. The van der Waals surface area contributed by atoms with Gasteiger partial charge in [0.25, 0.3) is 0 Å². The minimum Gasteiger partial charge on any atom is -0.347 e. The monoisotopic (exact) mass is 280 g/mol. The van der Waals surface area contributed by atoms with E-state index < -0.39 is 0 Å². The minimum absolute atomic E-state index is 0. The fourth-order valence-corrected chi connectivity index (χ4v) is 2.39. The quantitative estimate of drug-likeness (QED) is 0.838. The van der Waals surface area contributed by atoms with Crippen LogP contribution in [0.2, 0.25) is 0 Å². The van der Waals surface area contributed by atoms with E-state index in [2.05, 4.69) is 61.1 Å². The molecule has 0 saturated carbocycles. The van der Waals surface area contributed by atoms with Gasteiger partial charge in [-0.1, -0.05) is 39.0 Å². The van der Waals surface area contributed by atoms with Crippen molar-refractivity contribution in [2.24, 2.45) is 5.92 Å². The molecule has 0 atom stereocenters. The number of nitrogens with one attached hydrogen (secondary N) is 1. The Morgan fingerprint density at radius 2 is 1.95 bits per heavy atom. The molecule has 1 N–H and O–H groups in total. The van der Waals surface area contributed by atoms with Crippen LogP contribution in [0.3, 0.4) is 0 Å². The molecule has 0 spiro atoms. The Morgan fingerprint density at radius 1 is 1.21 bits per heavy atom. The van der Waals surface area contributed by atoms with Crippen molar-refractivity contribution in [2.75, 3.05) is 6.54 Å². The van der Waals surface area contributed by atoms with Crippen molar-refractivity contribution in [3.05, 3.63) is 36.0 Å². The fourth-order valence-electron chi connectivity index (χ4n) is 2.39. The van der Waals surface area contributed by atoms with Gasteiger partial charge < -0.3 is 9.88 Å². The Balaban J connectivity index is 0.00000180. The summed E-state index contributed by atoms with van der Waals surface area (Å²) in [5, 5.41) is 4.93. The Morgan fingerprint density at radius 3 is 2.63 bits per heavy atom. The van der Waals surface area contributed by atoms with Gasteiger partial charge in [0.05, 0.1) is 0 Å². The van der Waals surface area contributed by atoms with Gasteiger partial charge in [-0.15, -0.1) is 12.4 Å². The van der Waals surface area contributed by atoms with E-state index in [1.165, 1.54) is 22.9 Å². The molecule has 0 amide bonds. The van der Waals surface area contributed by atoms with E-state index in [4.69, 9.17) is 0 Å². The Kier molecular flexibility index (Phi) is 6.40. The molecule has 0 unspecified atom stereocenters. The highest BCUT2D eigenvalue weighted by molar-refractivity contribution is 5.85. The van der Waals surface area contributed by atoms with Crippen molar-refractivity contribution in [3.63, 3.8) is 0 Å². The molecule has 106 valence electrons. The third-order valence-corrected chi connectivity index (χ3v) is 3.20. The number of fused-ring (bicyclic) bond motifs is 1. The normalized spacial score (nSPS) is 10.9. The second-order valence-corrected chi connectivity index (χ2v) is 5.39. The highest BCUT2D eigenvalue weighted by Gasteiger charge is 2.07. The standard InChI is InChI=1S/C16H24N2.ClH/c1-4-9-18-12-14(11-17-10-13(2)3)15-7-5-6-8-16(15)18;/h5-8,12-13,17H,4,9-11H2,1-3H3;1H. The van der Waals surface area contributed by atoms with Crippen LogP contribution < -0.4 is 5.32 Å². The lowest BCUT2D eigenvalue weighted by Crippen LogP contribution is -2.18. The molecule has 0 aliphatic heterocycles. The summed E-state index contributed by atoms with van der Waals surface area (Å²) < 4.78 is 2.38. The van der Waals surface area contributed by atoms with Crippen LogP contribution in [0.5, 0.6) is 0 Å². The molecule has 3 heteroatoms. The summed E-state index contributed by atoms with van der Waals surface area (Å²) in [4.78, 5) is 0. The summed E-state index contributed by atoms with van der Waals surface area (Å²) in [5.41, 5.74) is 2.78. The van der Waals surface area contributed by atoms with E-state index in [9.17, 15) is 0 Å². The van der Waals surface area contributed by atoms with E-state index in [-0.39, 0.29) is 12.4 Å². The third-order valence-electron chi connectivity index (χ3n) is 3.20. The predicted octanol–water partition coefficient (Wildman–Crippen LogP) is 4.22. The number of benzene rings is 1. The lowest BCUT2D eigenvalue weighted by atomic mass is 10.1. The lowest BCUT2D eigenvalue weighted by Gasteiger charge is -2.06. The van der Waals surface area contributed by atoms with Crippen molar-refractivity contribution < 1.29 is 0 Å². The Labute approximate surface area is 122 Å². The topological polar surface area (TPSA) is 17.0 Å². The Hall–Kier alpha value is -0.990. The van der Waals surface area contributed by atoms with Crippen LogP contribution in [0, 0.1) is 5.92 Å². The zero-order chi connectivity index (χ0) is 13.0. The SMILES string of the molecule is CCCn1cc(CNCC(C)C)c2ccccc21.Cl. The number of hydrogen-bond acceptors (Lipinski definition) is 1. The number of hydrogen-bond donors (Lipinski definition) is 1. The molecule has 1 heterocycles.